The van der Waals surface area contributed by atoms with Crippen LogP contribution < -0.4 is 0 Å². The molecule has 0 spiro atoms. The molecule has 0 amide bonds. The van der Waals surface area contributed by atoms with Gasteiger partial charge in [0, 0.05) is 12.4 Å². The van der Waals surface area contributed by atoms with Crippen molar-refractivity contribution < 1.29 is 16.8 Å². The monoisotopic (exact) mass is 298 g/mol. The normalized spacial score (nSPS) is 12.2. The van der Waals surface area contributed by atoms with Crippen LogP contribution in [0.2, 0.25) is 0 Å². The number of hydrogen-bond acceptors (Lipinski definition) is 6. The standard InChI is InChI=1S/C11H10N2O4S2/c14-18(15,10-5-1-3-7-12-10)9-19(16,17)11-6-2-4-8-13-11/h1-8H,9H2. The molecule has 0 aliphatic heterocycles. The van der Waals surface area contributed by atoms with Gasteiger partial charge in [-0.25, -0.2) is 26.8 Å². The number of aromatic nitrogens is 2. The van der Waals surface area contributed by atoms with Crippen molar-refractivity contribution in [1.29, 1.82) is 0 Å². The Morgan fingerprint density at radius 2 is 1.16 bits per heavy atom. The average molecular weight is 298 g/mol. The number of pyridine rings is 2. The fourth-order valence-electron chi connectivity index (χ4n) is 1.39. The maximum atomic E-state index is 12.0. The number of sulfone groups is 2. The van der Waals surface area contributed by atoms with Crippen LogP contribution in [0.15, 0.2) is 58.8 Å². The molecule has 19 heavy (non-hydrogen) atoms. The van der Waals surface area contributed by atoms with Gasteiger partial charge in [-0.05, 0) is 24.3 Å². The van der Waals surface area contributed by atoms with E-state index in [1.165, 1.54) is 36.7 Å². The molecule has 0 unspecified atom stereocenters. The molecule has 0 fully saturated rings. The lowest BCUT2D eigenvalue weighted by molar-refractivity contribution is 0.585. The Labute approximate surface area is 111 Å². The van der Waals surface area contributed by atoms with E-state index in [0.717, 1.165) is 0 Å². The van der Waals surface area contributed by atoms with Crippen LogP contribution in [0.1, 0.15) is 0 Å². The molecular weight excluding hydrogens is 288 g/mol. The first-order valence-electron chi connectivity index (χ1n) is 5.19. The van der Waals surface area contributed by atoms with Crippen molar-refractivity contribution in [1.82, 2.24) is 9.97 Å². The van der Waals surface area contributed by atoms with Crippen molar-refractivity contribution in [3.05, 3.63) is 48.8 Å². The Hall–Kier alpha value is -1.80. The second kappa shape index (κ2) is 5.06. The fraction of sp³-hybridized carbons (Fsp3) is 0.0909. The highest BCUT2D eigenvalue weighted by Gasteiger charge is 2.27. The maximum absolute atomic E-state index is 12.0. The summed E-state index contributed by atoms with van der Waals surface area (Å²) in [6, 6.07) is 8.56. The Balaban J connectivity index is 2.37. The molecule has 100 valence electrons. The van der Waals surface area contributed by atoms with E-state index in [1.807, 2.05) is 0 Å². The van der Waals surface area contributed by atoms with Gasteiger partial charge in [0.15, 0.2) is 15.1 Å². The van der Waals surface area contributed by atoms with E-state index in [0.29, 0.717) is 0 Å². The van der Waals surface area contributed by atoms with Crippen LogP contribution in [-0.4, -0.2) is 31.9 Å². The van der Waals surface area contributed by atoms with E-state index in [1.54, 1.807) is 12.1 Å². The van der Waals surface area contributed by atoms with Gasteiger partial charge in [0.2, 0.25) is 19.7 Å². The lowest BCUT2D eigenvalue weighted by atomic mass is 10.5. The molecule has 2 aromatic rings. The summed E-state index contributed by atoms with van der Waals surface area (Å²) in [5, 5.41) is -1.59. The zero-order valence-electron chi connectivity index (χ0n) is 9.67. The predicted molar refractivity (Wildman–Crippen MR) is 67.7 cm³/mol. The van der Waals surface area contributed by atoms with E-state index in [9.17, 15) is 16.8 Å². The van der Waals surface area contributed by atoms with Gasteiger partial charge < -0.3 is 0 Å². The van der Waals surface area contributed by atoms with E-state index >= 15 is 0 Å². The molecule has 0 atom stereocenters. The Morgan fingerprint density at radius 1 is 0.737 bits per heavy atom. The number of rotatable bonds is 4. The van der Waals surface area contributed by atoms with Crippen molar-refractivity contribution in [2.45, 2.75) is 10.1 Å². The Kier molecular flexibility index (Phi) is 3.63. The molecular formula is C11H10N2O4S2. The van der Waals surface area contributed by atoms with Gasteiger partial charge in [0.1, 0.15) is 0 Å². The van der Waals surface area contributed by atoms with E-state index in [4.69, 9.17) is 0 Å². The second-order valence-electron chi connectivity index (χ2n) is 3.68. The first-order valence-corrected chi connectivity index (χ1v) is 8.50. The largest absolute Gasteiger partial charge is 0.245 e. The molecule has 0 saturated heterocycles. The summed E-state index contributed by atoms with van der Waals surface area (Å²) >= 11 is 0. The van der Waals surface area contributed by atoms with Crippen LogP contribution in [0.5, 0.6) is 0 Å². The maximum Gasteiger partial charge on any atom is 0.210 e. The van der Waals surface area contributed by atoms with E-state index in [-0.39, 0.29) is 10.1 Å². The molecule has 0 bridgehead atoms. The summed E-state index contributed by atoms with van der Waals surface area (Å²) < 4.78 is 47.8. The van der Waals surface area contributed by atoms with Crippen molar-refractivity contribution in [3.63, 3.8) is 0 Å². The third-order valence-electron chi connectivity index (χ3n) is 2.22. The summed E-state index contributed by atoms with van der Waals surface area (Å²) in [6.07, 6.45) is 2.58. The molecule has 0 N–H and O–H groups in total. The van der Waals surface area contributed by atoms with Gasteiger partial charge in [-0.2, -0.15) is 0 Å². The molecule has 0 aliphatic rings. The minimum absolute atomic E-state index is 0.269. The molecule has 2 heterocycles. The zero-order valence-corrected chi connectivity index (χ0v) is 11.3. The topological polar surface area (TPSA) is 94.1 Å². The third-order valence-corrected chi connectivity index (χ3v) is 6.46. The molecule has 6 nitrogen and oxygen atoms in total. The van der Waals surface area contributed by atoms with Crippen LogP contribution in [0, 0.1) is 0 Å². The summed E-state index contributed by atoms with van der Waals surface area (Å²) in [7, 11) is -8.01. The first kappa shape index (κ1) is 13.6. The highest BCUT2D eigenvalue weighted by atomic mass is 32.3. The lowest BCUT2D eigenvalue weighted by Gasteiger charge is -2.04. The highest BCUT2D eigenvalue weighted by Crippen LogP contribution is 2.14. The van der Waals surface area contributed by atoms with Crippen LogP contribution in [0.4, 0.5) is 0 Å². The SMILES string of the molecule is O=S(=O)(CS(=O)(=O)c1ccccn1)c1ccccn1. The third kappa shape index (κ3) is 3.15. The molecule has 0 saturated carbocycles. The molecule has 2 rings (SSSR count). The molecule has 0 aromatic carbocycles. The molecule has 2 aromatic heterocycles. The van der Waals surface area contributed by atoms with Crippen molar-refractivity contribution >= 4 is 19.7 Å². The van der Waals surface area contributed by atoms with E-state index in [2.05, 4.69) is 9.97 Å². The summed E-state index contributed by atoms with van der Waals surface area (Å²) in [4.78, 5) is 7.31. The van der Waals surface area contributed by atoms with Crippen LogP contribution >= 0.6 is 0 Å². The zero-order chi connectivity index (χ0) is 13.9. The smallest absolute Gasteiger partial charge is 0.210 e. The van der Waals surface area contributed by atoms with Gasteiger partial charge in [-0.15, -0.1) is 0 Å². The van der Waals surface area contributed by atoms with Crippen LogP contribution in [0.3, 0.4) is 0 Å². The van der Waals surface area contributed by atoms with Crippen molar-refractivity contribution in [2.75, 3.05) is 5.08 Å². The summed E-state index contributed by atoms with van der Waals surface area (Å²) in [6.45, 7) is 0. The van der Waals surface area contributed by atoms with Gasteiger partial charge in [0.25, 0.3) is 0 Å². The average Bonchev–Trinajstić information content (AvgIpc) is 2.40. The molecule has 0 aliphatic carbocycles. The first-order chi connectivity index (χ1) is 8.92. The fourth-order valence-corrected chi connectivity index (χ4v) is 5.00. The summed E-state index contributed by atoms with van der Waals surface area (Å²) in [5.41, 5.74) is 0. The number of nitrogens with zero attached hydrogens (tertiary/aromatic N) is 2. The highest BCUT2D eigenvalue weighted by molar-refractivity contribution is 8.08. The Bertz CT molecular complexity index is 689. The van der Waals surface area contributed by atoms with Crippen LogP contribution in [-0.2, 0) is 19.7 Å². The van der Waals surface area contributed by atoms with Gasteiger partial charge in [-0.3, -0.25) is 0 Å². The quantitative estimate of drug-likeness (QED) is 0.824. The predicted octanol–water partition coefficient (Wildman–Crippen LogP) is 0.682. The Morgan fingerprint density at radius 3 is 1.47 bits per heavy atom. The molecule has 0 radical (unpaired) electrons. The van der Waals surface area contributed by atoms with Gasteiger partial charge in [0.05, 0.1) is 0 Å². The van der Waals surface area contributed by atoms with E-state index < -0.39 is 24.8 Å². The molecule has 8 heteroatoms. The van der Waals surface area contributed by atoms with Crippen molar-refractivity contribution in [3.8, 4) is 0 Å². The lowest BCUT2D eigenvalue weighted by Crippen LogP contribution is -2.18. The van der Waals surface area contributed by atoms with Gasteiger partial charge in [-0.1, -0.05) is 12.1 Å². The van der Waals surface area contributed by atoms with Crippen molar-refractivity contribution in [2.24, 2.45) is 0 Å². The number of hydrogen-bond donors (Lipinski definition) is 0. The minimum atomic E-state index is -4.01. The summed E-state index contributed by atoms with van der Waals surface area (Å²) in [5.74, 6) is 0. The second-order valence-corrected chi connectivity index (χ2v) is 7.92. The van der Waals surface area contributed by atoms with Gasteiger partial charge >= 0.3 is 0 Å². The minimum Gasteiger partial charge on any atom is -0.245 e. The van der Waals surface area contributed by atoms with Crippen LogP contribution in [0.25, 0.3) is 0 Å².